The summed E-state index contributed by atoms with van der Waals surface area (Å²) in [6, 6.07) is 7.15. The van der Waals surface area contributed by atoms with Crippen molar-refractivity contribution < 1.29 is 19.1 Å². The molecular weight excluding hydrogens is 258 g/mol. The van der Waals surface area contributed by atoms with E-state index in [1.165, 1.54) is 0 Å². The fourth-order valence-corrected chi connectivity index (χ4v) is 1.60. The van der Waals surface area contributed by atoms with Gasteiger partial charge in [0, 0.05) is 6.54 Å². The number of alkyl carbamates (subject to hydrolysis) is 1. The summed E-state index contributed by atoms with van der Waals surface area (Å²) < 4.78 is 10.2. The van der Waals surface area contributed by atoms with E-state index < -0.39 is 17.6 Å². The molecule has 0 saturated heterocycles. The zero-order chi connectivity index (χ0) is 15.2. The second-order valence-electron chi connectivity index (χ2n) is 5.40. The Morgan fingerprint density at radius 2 is 1.90 bits per heavy atom. The summed E-state index contributed by atoms with van der Waals surface area (Å²) in [4.78, 5) is 22.7. The average Bonchev–Trinajstić information content (AvgIpc) is 2.38. The topological polar surface area (TPSA) is 64.6 Å². The molecule has 0 saturated carbocycles. The summed E-state index contributed by atoms with van der Waals surface area (Å²) in [5, 5.41) is 2.59. The molecule has 1 rings (SSSR count). The lowest BCUT2D eigenvalue weighted by atomic mass is 10.0. The number of benzene rings is 1. The highest BCUT2D eigenvalue weighted by Crippen LogP contribution is 2.17. The summed E-state index contributed by atoms with van der Waals surface area (Å²) >= 11 is 0. The van der Waals surface area contributed by atoms with Crippen molar-refractivity contribution in [1.82, 2.24) is 5.32 Å². The van der Waals surface area contributed by atoms with E-state index >= 15 is 0 Å². The molecule has 1 N–H and O–H groups in total. The van der Waals surface area contributed by atoms with Gasteiger partial charge >= 0.3 is 6.09 Å². The molecule has 1 atom stereocenters. The molecule has 5 heteroatoms. The number of aldehydes is 1. The molecule has 0 aliphatic heterocycles. The van der Waals surface area contributed by atoms with Crippen LogP contribution in [0.5, 0.6) is 5.75 Å². The quantitative estimate of drug-likeness (QED) is 0.841. The van der Waals surface area contributed by atoms with E-state index in [0.717, 1.165) is 17.6 Å². The van der Waals surface area contributed by atoms with Gasteiger partial charge in [-0.1, -0.05) is 12.1 Å². The van der Waals surface area contributed by atoms with Crippen molar-refractivity contribution in [1.29, 1.82) is 0 Å². The predicted molar refractivity (Wildman–Crippen MR) is 76.0 cm³/mol. The monoisotopic (exact) mass is 279 g/mol. The van der Waals surface area contributed by atoms with E-state index in [-0.39, 0.29) is 6.54 Å². The SMILES string of the molecule is COc1ccc(C(C=O)CNC(=O)OC(C)(C)C)cc1. The summed E-state index contributed by atoms with van der Waals surface area (Å²) in [5.74, 6) is 0.312. The van der Waals surface area contributed by atoms with Gasteiger partial charge in [0.25, 0.3) is 0 Å². The van der Waals surface area contributed by atoms with Crippen molar-refractivity contribution in [3.8, 4) is 5.75 Å². The molecule has 0 radical (unpaired) electrons. The second-order valence-corrected chi connectivity index (χ2v) is 5.40. The number of hydrogen-bond donors (Lipinski definition) is 1. The summed E-state index contributed by atoms with van der Waals surface area (Å²) in [6.45, 7) is 5.55. The second kappa shape index (κ2) is 6.93. The number of ether oxygens (including phenoxy) is 2. The summed E-state index contributed by atoms with van der Waals surface area (Å²) in [7, 11) is 1.58. The third-order valence-electron chi connectivity index (χ3n) is 2.57. The Bertz CT molecular complexity index is 448. The number of carbonyl (C=O) groups excluding carboxylic acids is 2. The van der Waals surface area contributed by atoms with E-state index in [2.05, 4.69) is 5.32 Å². The van der Waals surface area contributed by atoms with Gasteiger partial charge in [0.15, 0.2) is 0 Å². The van der Waals surface area contributed by atoms with Crippen molar-refractivity contribution in [3.63, 3.8) is 0 Å². The molecule has 0 heterocycles. The largest absolute Gasteiger partial charge is 0.497 e. The Labute approximate surface area is 119 Å². The Kier molecular flexibility index (Phi) is 5.55. The van der Waals surface area contributed by atoms with Gasteiger partial charge in [0.05, 0.1) is 13.0 Å². The first-order valence-corrected chi connectivity index (χ1v) is 6.42. The van der Waals surface area contributed by atoms with E-state index in [1.807, 2.05) is 0 Å². The molecule has 0 bridgehead atoms. The van der Waals surface area contributed by atoms with Crippen molar-refractivity contribution in [2.45, 2.75) is 32.3 Å². The first-order valence-electron chi connectivity index (χ1n) is 6.42. The summed E-state index contributed by atoms with van der Waals surface area (Å²) in [6.07, 6.45) is 0.275. The van der Waals surface area contributed by atoms with Crippen LogP contribution in [0.3, 0.4) is 0 Å². The zero-order valence-electron chi connectivity index (χ0n) is 12.3. The van der Waals surface area contributed by atoms with E-state index in [4.69, 9.17) is 9.47 Å². The van der Waals surface area contributed by atoms with Gasteiger partial charge in [-0.15, -0.1) is 0 Å². The molecule has 110 valence electrons. The minimum atomic E-state index is -0.555. The molecule has 0 aromatic heterocycles. The minimum absolute atomic E-state index is 0.199. The maximum atomic E-state index is 11.5. The maximum absolute atomic E-state index is 11.5. The van der Waals surface area contributed by atoms with Crippen molar-refractivity contribution in [2.24, 2.45) is 0 Å². The smallest absolute Gasteiger partial charge is 0.407 e. The van der Waals surface area contributed by atoms with Gasteiger partial charge in [-0.3, -0.25) is 0 Å². The fourth-order valence-electron chi connectivity index (χ4n) is 1.60. The molecule has 1 unspecified atom stereocenters. The van der Waals surface area contributed by atoms with Gasteiger partial charge in [-0.05, 0) is 38.5 Å². The number of methoxy groups -OCH3 is 1. The Morgan fingerprint density at radius 1 is 1.30 bits per heavy atom. The Morgan fingerprint density at radius 3 is 2.35 bits per heavy atom. The van der Waals surface area contributed by atoms with Crippen molar-refractivity contribution >= 4 is 12.4 Å². The maximum Gasteiger partial charge on any atom is 0.407 e. The van der Waals surface area contributed by atoms with Gasteiger partial charge in [0.1, 0.15) is 17.6 Å². The Balaban J connectivity index is 2.58. The lowest BCUT2D eigenvalue weighted by Gasteiger charge is -2.20. The van der Waals surface area contributed by atoms with Gasteiger partial charge in [-0.25, -0.2) is 4.79 Å². The Hall–Kier alpha value is -2.04. The van der Waals surface area contributed by atoms with Crippen LogP contribution in [0.15, 0.2) is 24.3 Å². The number of rotatable bonds is 5. The first-order chi connectivity index (χ1) is 9.35. The van der Waals surface area contributed by atoms with E-state index in [9.17, 15) is 9.59 Å². The summed E-state index contributed by atoms with van der Waals surface area (Å²) in [5.41, 5.74) is 0.262. The third kappa shape index (κ3) is 5.30. The molecule has 0 aliphatic carbocycles. The number of amides is 1. The van der Waals surface area contributed by atoms with Gasteiger partial charge in [-0.2, -0.15) is 0 Å². The number of nitrogens with one attached hydrogen (secondary N) is 1. The van der Waals surface area contributed by atoms with Crippen LogP contribution in [-0.4, -0.2) is 31.6 Å². The highest BCUT2D eigenvalue weighted by atomic mass is 16.6. The normalized spacial score (nSPS) is 12.4. The van der Waals surface area contributed by atoms with Gasteiger partial charge < -0.3 is 19.6 Å². The highest BCUT2D eigenvalue weighted by molar-refractivity contribution is 5.70. The van der Waals surface area contributed by atoms with Crippen LogP contribution >= 0.6 is 0 Å². The molecule has 0 aliphatic rings. The van der Waals surface area contributed by atoms with Crippen LogP contribution in [0.2, 0.25) is 0 Å². The highest BCUT2D eigenvalue weighted by Gasteiger charge is 2.18. The average molecular weight is 279 g/mol. The van der Waals surface area contributed by atoms with Crippen LogP contribution in [0.25, 0.3) is 0 Å². The first kappa shape index (κ1) is 16.0. The molecule has 5 nitrogen and oxygen atoms in total. The number of carbonyl (C=O) groups is 2. The molecule has 0 fully saturated rings. The minimum Gasteiger partial charge on any atom is -0.497 e. The standard InChI is InChI=1S/C15H21NO4/c1-15(2,3)20-14(18)16-9-12(10-17)11-5-7-13(19-4)8-6-11/h5-8,10,12H,9H2,1-4H3,(H,16,18). The molecular formula is C15H21NO4. The lowest BCUT2D eigenvalue weighted by Crippen LogP contribution is -2.35. The zero-order valence-corrected chi connectivity index (χ0v) is 12.3. The van der Waals surface area contributed by atoms with Crippen LogP contribution < -0.4 is 10.1 Å². The molecule has 1 aromatic rings. The van der Waals surface area contributed by atoms with Crippen LogP contribution in [0.4, 0.5) is 4.79 Å². The third-order valence-corrected chi connectivity index (χ3v) is 2.57. The predicted octanol–water partition coefficient (Wildman–Crippen LogP) is 2.50. The van der Waals surface area contributed by atoms with Gasteiger partial charge in [0.2, 0.25) is 0 Å². The van der Waals surface area contributed by atoms with E-state index in [1.54, 1.807) is 52.1 Å². The molecule has 0 spiro atoms. The van der Waals surface area contributed by atoms with Crippen LogP contribution in [0, 0.1) is 0 Å². The van der Waals surface area contributed by atoms with Crippen LogP contribution in [-0.2, 0) is 9.53 Å². The lowest BCUT2D eigenvalue weighted by molar-refractivity contribution is -0.109. The van der Waals surface area contributed by atoms with Crippen molar-refractivity contribution in [2.75, 3.05) is 13.7 Å². The molecule has 1 aromatic carbocycles. The molecule has 1 amide bonds. The van der Waals surface area contributed by atoms with Crippen molar-refractivity contribution in [3.05, 3.63) is 29.8 Å². The van der Waals surface area contributed by atoms with E-state index in [0.29, 0.717) is 0 Å². The fraction of sp³-hybridized carbons (Fsp3) is 0.467. The molecule has 20 heavy (non-hydrogen) atoms. The van der Waals surface area contributed by atoms with Crippen LogP contribution in [0.1, 0.15) is 32.3 Å². The number of hydrogen-bond acceptors (Lipinski definition) is 4.